The Labute approximate surface area is 104 Å². The first-order valence-electron chi connectivity index (χ1n) is 4.77. The molecule has 1 rings (SSSR count). The summed E-state index contributed by atoms with van der Waals surface area (Å²) in [5, 5.41) is 2.31. The number of amides is 2. The fourth-order valence-electron chi connectivity index (χ4n) is 1.05. The van der Waals surface area contributed by atoms with Gasteiger partial charge in [0, 0.05) is 13.2 Å². The first-order chi connectivity index (χ1) is 8.02. The molecule has 1 heterocycles. The zero-order valence-electron chi connectivity index (χ0n) is 9.21. The smallest absolute Gasteiger partial charge is 0.317 e. The Bertz CT molecular complexity index is 435. The standard InChI is InChI=1S/C10H12N4O2S/c1-14(8-4-2-3-5-12-8)10(16)9(15)13-6-7(11)17/h2-5H,6H2,1H3,(H2,11,17)(H,13,15). The van der Waals surface area contributed by atoms with E-state index in [-0.39, 0.29) is 11.5 Å². The number of carbonyl (C=O) groups is 2. The summed E-state index contributed by atoms with van der Waals surface area (Å²) in [7, 11) is 1.46. The van der Waals surface area contributed by atoms with E-state index in [1.54, 1.807) is 18.2 Å². The summed E-state index contributed by atoms with van der Waals surface area (Å²) in [6.07, 6.45) is 1.53. The monoisotopic (exact) mass is 252 g/mol. The highest BCUT2D eigenvalue weighted by molar-refractivity contribution is 7.80. The molecule has 0 saturated carbocycles. The number of hydrogen-bond donors (Lipinski definition) is 2. The fraction of sp³-hybridized carbons (Fsp3) is 0.200. The van der Waals surface area contributed by atoms with Crippen molar-refractivity contribution in [3.8, 4) is 0 Å². The van der Waals surface area contributed by atoms with Crippen LogP contribution in [0.3, 0.4) is 0 Å². The van der Waals surface area contributed by atoms with Crippen molar-refractivity contribution in [2.45, 2.75) is 0 Å². The van der Waals surface area contributed by atoms with Gasteiger partial charge >= 0.3 is 11.8 Å². The van der Waals surface area contributed by atoms with Crippen molar-refractivity contribution >= 4 is 34.8 Å². The number of nitrogens with zero attached hydrogens (tertiary/aromatic N) is 2. The molecule has 0 saturated heterocycles. The maximum Gasteiger partial charge on any atom is 0.317 e. The third-order valence-electron chi connectivity index (χ3n) is 1.91. The van der Waals surface area contributed by atoms with Crippen molar-refractivity contribution in [1.82, 2.24) is 10.3 Å². The third kappa shape index (κ3) is 3.80. The second-order valence-corrected chi connectivity index (χ2v) is 3.73. The van der Waals surface area contributed by atoms with Gasteiger partial charge in [-0.1, -0.05) is 18.3 Å². The summed E-state index contributed by atoms with van der Waals surface area (Å²) in [5.41, 5.74) is 5.21. The number of hydrogen-bond acceptors (Lipinski definition) is 4. The van der Waals surface area contributed by atoms with Gasteiger partial charge in [0.25, 0.3) is 0 Å². The molecule has 0 fully saturated rings. The average Bonchev–Trinajstić information content (AvgIpc) is 2.35. The predicted octanol–water partition coefficient (Wildman–Crippen LogP) is -0.553. The number of anilines is 1. The zero-order valence-corrected chi connectivity index (χ0v) is 10.0. The molecule has 0 radical (unpaired) electrons. The lowest BCUT2D eigenvalue weighted by molar-refractivity contribution is -0.137. The van der Waals surface area contributed by atoms with Gasteiger partial charge in [0.15, 0.2) is 0 Å². The van der Waals surface area contributed by atoms with Crippen LogP contribution >= 0.6 is 12.2 Å². The number of thiocarbonyl (C=S) groups is 1. The Balaban J connectivity index is 2.64. The minimum atomic E-state index is -0.772. The summed E-state index contributed by atoms with van der Waals surface area (Å²) in [5.74, 6) is -1.10. The number of aromatic nitrogens is 1. The van der Waals surface area contributed by atoms with Crippen LogP contribution in [0.5, 0.6) is 0 Å². The van der Waals surface area contributed by atoms with Gasteiger partial charge in [0.1, 0.15) is 5.82 Å². The normalized spacial score (nSPS) is 9.47. The molecule has 0 spiro atoms. The summed E-state index contributed by atoms with van der Waals surface area (Å²) < 4.78 is 0. The van der Waals surface area contributed by atoms with Crippen LogP contribution in [0.25, 0.3) is 0 Å². The third-order valence-corrected chi connectivity index (χ3v) is 2.06. The summed E-state index contributed by atoms with van der Waals surface area (Å²) in [6.45, 7) is -0.00400. The van der Waals surface area contributed by atoms with E-state index in [2.05, 4.69) is 22.5 Å². The second kappa shape index (κ2) is 5.90. The fourth-order valence-corrected chi connectivity index (χ4v) is 1.12. The van der Waals surface area contributed by atoms with Gasteiger partial charge < -0.3 is 11.1 Å². The topological polar surface area (TPSA) is 88.3 Å². The van der Waals surface area contributed by atoms with Crippen molar-refractivity contribution in [3.63, 3.8) is 0 Å². The van der Waals surface area contributed by atoms with E-state index in [1.807, 2.05) is 0 Å². The van der Waals surface area contributed by atoms with E-state index < -0.39 is 11.8 Å². The molecule has 17 heavy (non-hydrogen) atoms. The molecule has 0 aliphatic carbocycles. The Hall–Kier alpha value is -2.02. The minimum absolute atomic E-state index is 0.00400. The molecular weight excluding hydrogens is 240 g/mol. The van der Waals surface area contributed by atoms with Gasteiger partial charge in [-0.15, -0.1) is 0 Å². The quantitative estimate of drug-likeness (QED) is 0.556. The van der Waals surface area contributed by atoms with Crippen LogP contribution < -0.4 is 16.0 Å². The molecule has 6 nitrogen and oxygen atoms in total. The van der Waals surface area contributed by atoms with Crippen LogP contribution in [0.15, 0.2) is 24.4 Å². The number of likely N-dealkylation sites (N-methyl/N-ethyl adjacent to an activating group) is 1. The summed E-state index contributed by atoms with van der Waals surface area (Å²) >= 11 is 4.59. The van der Waals surface area contributed by atoms with Gasteiger partial charge in [-0.3, -0.25) is 14.5 Å². The maximum absolute atomic E-state index is 11.6. The molecule has 0 atom stereocenters. The van der Waals surface area contributed by atoms with E-state index >= 15 is 0 Å². The number of carbonyl (C=O) groups excluding carboxylic acids is 2. The predicted molar refractivity (Wildman–Crippen MR) is 67.4 cm³/mol. The molecule has 0 unspecified atom stereocenters. The van der Waals surface area contributed by atoms with Gasteiger partial charge in [-0.05, 0) is 12.1 Å². The van der Waals surface area contributed by atoms with Crippen molar-refractivity contribution < 1.29 is 9.59 Å². The van der Waals surface area contributed by atoms with E-state index in [4.69, 9.17) is 5.73 Å². The highest BCUT2D eigenvalue weighted by atomic mass is 32.1. The van der Waals surface area contributed by atoms with Crippen molar-refractivity contribution in [3.05, 3.63) is 24.4 Å². The van der Waals surface area contributed by atoms with E-state index in [1.165, 1.54) is 13.2 Å². The molecule has 3 N–H and O–H groups in total. The largest absolute Gasteiger partial charge is 0.392 e. The molecule has 90 valence electrons. The minimum Gasteiger partial charge on any atom is -0.392 e. The van der Waals surface area contributed by atoms with Crippen LogP contribution in [-0.2, 0) is 9.59 Å². The SMILES string of the molecule is CN(C(=O)C(=O)NCC(N)=S)c1ccccn1. The van der Waals surface area contributed by atoms with Crippen molar-refractivity contribution in [2.24, 2.45) is 5.73 Å². The van der Waals surface area contributed by atoms with E-state index in [9.17, 15) is 9.59 Å². The van der Waals surface area contributed by atoms with Gasteiger partial charge in [0.05, 0.1) is 11.5 Å². The van der Waals surface area contributed by atoms with Gasteiger partial charge in [0.2, 0.25) is 0 Å². The highest BCUT2D eigenvalue weighted by Gasteiger charge is 2.20. The Morgan fingerprint density at radius 1 is 1.53 bits per heavy atom. The van der Waals surface area contributed by atoms with Gasteiger partial charge in [-0.25, -0.2) is 4.98 Å². The van der Waals surface area contributed by atoms with E-state index in [0.717, 1.165) is 4.90 Å². The van der Waals surface area contributed by atoms with Crippen LogP contribution in [-0.4, -0.2) is 35.4 Å². The summed E-state index contributed by atoms with van der Waals surface area (Å²) in [4.78, 5) is 28.3. The molecule has 0 aliphatic rings. The second-order valence-electron chi connectivity index (χ2n) is 3.20. The number of pyridine rings is 1. The van der Waals surface area contributed by atoms with E-state index in [0.29, 0.717) is 5.82 Å². The Kier molecular flexibility index (Phi) is 4.53. The number of nitrogens with two attached hydrogens (primary N) is 1. The first-order valence-corrected chi connectivity index (χ1v) is 5.18. The average molecular weight is 252 g/mol. The van der Waals surface area contributed by atoms with Crippen molar-refractivity contribution in [2.75, 3.05) is 18.5 Å². The molecule has 0 bridgehead atoms. The van der Waals surface area contributed by atoms with Crippen LogP contribution in [0, 0.1) is 0 Å². The maximum atomic E-state index is 11.6. The Morgan fingerprint density at radius 3 is 2.76 bits per heavy atom. The molecule has 0 aromatic carbocycles. The molecule has 7 heteroatoms. The van der Waals surface area contributed by atoms with Crippen LogP contribution in [0.4, 0.5) is 5.82 Å². The Morgan fingerprint density at radius 2 is 2.24 bits per heavy atom. The highest BCUT2D eigenvalue weighted by Crippen LogP contribution is 2.06. The molecule has 1 aromatic rings. The van der Waals surface area contributed by atoms with Crippen LogP contribution in [0.2, 0.25) is 0 Å². The summed E-state index contributed by atoms with van der Waals surface area (Å²) in [6, 6.07) is 5.06. The first kappa shape index (κ1) is 13.0. The molecule has 0 aliphatic heterocycles. The van der Waals surface area contributed by atoms with Gasteiger partial charge in [-0.2, -0.15) is 0 Å². The molecule has 1 aromatic heterocycles. The number of rotatable bonds is 3. The van der Waals surface area contributed by atoms with Crippen LogP contribution in [0.1, 0.15) is 0 Å². The number of nitrogens with one attached hydrogen (secondary N) is 1. The molecular formula is C10H12N4O2S. The van der Waals surface area contributed by atoms with Crippen molar-refractivity contribution in [1.29, 1.82) is 0 Å². The lowest BCUT2D eigenvalue weighted by Gasteiger charge is -2.15. The lowest BCUT2D eigenvalue weighted by Crippen LogP contribution is -2.43. The molecule has 2 amide bonds. The lowest BCUT2D eigenvalue weighted by atomic mass is 10.4. The zero-order chi connectivity index (χ0) is 12.8.